The van der Waals surface area contributed by atoms with Crippen molar-refractivity contribution >= 4 is 23.5 Å². The van der Waals surface area contributed by atoms with Crippen LogP contribution in [0, 0.1) is 6.92 Å². The van der Waals surface area contributed by atoms with E-state index in [9.17, 15) is 4.79 Å². The van der Waals surface area contributed by atoms with Gasteiger partial charge in [0, 0.05) is 4.88 Å². The number of nitrogens with one attached hydrogen (secondary N) is 1. The molecule has 0 bridgehead atoms. The van der Waals surface area contributed by atoms with Gasteiger partial charge in [-0.2, -0.15) is 5.10 Å². The predicted molar refractivity (Wildman–Crippen MR) is 86.3 cm³/mol. The molecule has 1 aromatic heterocycles. The summed E-state index contributed by atoms with van der Waals surface area (Å²) >= 11 is 1.57. The van der Waals surface area contributed by atoms with Gasteiger partial charge in [-0.1, -0.05) is 24.8 Å². The summed E-state index contributed by atoms with van der Waals surface area (Å²) in [5, 5.41) is 5.97. The second-order valence-electron chi connectivity index (χ2n) is 4.26. The fourth-order valence-corrected chi connectivity index (χ4v) is 2.44. The number of aryl methyl sites for hydroxylation is 1. The lowest BCUT2D eigenvalue weighted by Gasteiger charge is -2.08. The summed E-state index contributed by atoms with van der Waals surface area (Å²) in [5.74, 6) is 0.206. The lowest BCUT2D eigenvalue weighted by molar-refractivity contribution is 0.0951. The average molecular weight is 300 g/mol. The third kappa shape index (κ3) is 4.03. The smallest absolute Gasteiger partial charge is 0.275 e. The second kappa shape index (κ2) is 7.40. The Bertz CT molecular complexity index is 662. The van der Waals surface area contributed by atoms with Crippen LogP contribution in [0.1, 0.15) is 20.8 Å². The van der Waals surface area contributed by atoms with Crippen molar-refractivity contribution in [1.82, 2.24) is 5.43 Å². The molecule has 2 rings (SSSR count). The van der Waals surface area contributed by atoms with Crippen LogP contribution in [0.5, 0.6) is 5.75 Å². The quantitative estimate of drug-likeness (QED) is 0.505. The first-order chi connectivity index (χ1) is 10.2. The Morgan fingerprint density at radius 3 is 2.95 bits per heavy atom. The predicted octanol–water partition coefficient (Wildman–Crippen LogP) is 3.39. The van der Waals surface area contributed by atoms with Crippen LogP contribution in [0.25, 0.3) is 0 Å². The van der Waals surface area contributed by atoms with E-state index >= 15 is 0 Å². The van der Waals surface area contributed by atoms with Crippen molar-refractivity contribution in [3.8, 4) is 5.75 Å². The van der Waals surface area contributed by atoms with Gasteiger partial charge in [-0.05, 0) is 36.1 Å². The third-order valence-electron chi connectivity index (χ3n) is 2.74. The largest absolute Gasteiger partial charge is 0.489 e. The summed E-state index contributed by atoms with van der Waals surface area (Å²) in [6.45, 7) is 5.94. The molecule has 108 valence electrons. The number of rotatable bonds is 6. The second-order valence-corrected chi connectivity index (χ2v) is 5.21. The summed E-state index contributed by atoms with van der Waals surface area (Å²) in [5.41, 5.74) is 4.09. The van der Waals surface area contributed by atoms with Crippen molar-refractivity contribution in [1.29, 1.82) is 0 Å². The first kappa shape index (κ1) is 15.0. The van der Waals surface area contributed by atoms with Crippen LogP contribution in [0.15, 0.2) is 53.5 Å². The number of hydrogen-bond donors (Lipinski definition) is 1. The van der Waals surface area contributed by atoms with Crippen LogP contribution in [-0.2, 0) is 0 Å². The fraction of sp³-hybridized carbons (Fsp3) is 0.125. The van der Waals surface area contributed by atoms with E-state index in [-0.39, 0.29) is 5.91 Å². The van der Waals surface area contributed by atoms with Crippen LogP contribution >= 0.6 is 11.3 Å². The van der Waals surface area contributed by atoms with Gasteiger partial charge in [0.15, 0.2) is 0 Å². The highest BCUT2D eigenvalue weighted by Gasteiger charge is 2.10. The monoisotopic (exact) mass is 300 g/mol. The molecular formula is C16H16N2O2S. The van der Waals surface area contributed by atoms with Gasteiger partial charge in [0.25, 0.3) is 5.91 Å². The van der Waals surface area contributed by atoms with Crippen LogP contribution in [-0.4, -0.2) is 18.7 Å². The van der Waals surface area contributed by atoms with Crippen LogP contribution in [0.4, 0.5) is 0 Å². The average Bonchev–Trinajstić information content (AvgIpc) is 2.91. The van der Waals surface area contributed by atoms with E-state index in [2.05, 4.69) is 17.1 Å². The Labute approximate surface area is 127 Å². The zero-order valence-corrected chi connectivity index (χ0v) is 12.5. The number of thiophene rings is 1. The molecule has 2 aromatic rings. The molecule has 21 heavy (non-hydrogen) atoms. The van der Waals surface area contributed by atoms with Gasteiger partial charge in [-0.25, -0.2) is 5.43 Å². The van der Waals surface area contributed by atoms with Crippen molar-refractivity contribution in [3.05, 3.63) is 64.4 Å². The number of carbonyl (C=O) groups is 1. The summed E-state index contributed by atoms with van der Waals surface area (Å²) < 4.78 is 5.45. The maximum atomic E-state index is 12.1. The van der Waals surface area contributed by atoms with Gasteiger partial charge in [0.1, 0.15) is 12.4 Å². The lowest BCUT2D eigenvalue weighted by atomic mass is 10.2. The highest BCUT2D eigenvalue weighted by molar-refractivity contribution is 7.11. The van der Waals surface area contributed by atoms with Gasteiger partial charge >= 0.3 is 0 Å². The standard InChI is InChI=1S/C16H16N2O2S/c1-3-9-20-14-7-5-4-6-13(14)16(19)18-17-11-15-12(2)8-10-21-15/h3-8,10-11H,1,9H2,2H3,(H,18,19)/b17-11+. The molecule has 5 heteroatoms. The van der Waals surface area contributed by atoms with Crippen molar-refractivity contribution < 1.29 is 9.53 Å². The molecule has 1 aromatic carbocycles. The van der Waals surface area contributed by atoms with E-state index in [0.717, 1.165) is 10.4 Å². The maximum Gasteiger partial charge on any atom is 0.275 e. The van der Waals surface area contributed by atoms with E-state index in [1.54, 1.807) is 41.8 Å². The van der Waals surface area contributed by atoms with E-state index < -0.39 is 0 Å². The first-order valence-corrected chi connectivity index (χ1v) is 7.30. The Kier molecular flexibility index (Phi) is 5.29. The Hall–Kier alpha value is -2.40. The van der Waals surface area contributed by atoms with Crippen molar-refractivity contribution in [2.75, 3.05) is 6.61 Å². The molecule has 0 aliphatic rings. The molecule has 0 spiro atoms. The number of hydrazone groups is 1. The molecule has 1 heterocycles. The Morgan fingerprint density at radius 1 is 1.43 bits per heavy atom. The van der Waals surface area contributed by atoms with Crippen LogP contribution in [0.2, 0.25) is 0 Å². The number of amides is 1. The molecular weight excluding hydrogens is 284 g/mol. The van der Waals surface area contributed by atoms with Crippen molar-refractivity contribution in [2.45, 2.75) is 6.92 Å². The fourth-order valence-electron chi connectivity index (χ4n) is 1.66. The van der Waals surface area contributed by atoms with Crippen LogP contribution < -0.4 is 10.2 Å². The number of benzene rings is 1. The molecule has 0 aliphatic carbocycles. The minimum atomic E-state index is -0.305. The van der Waals surface area contributed by atoms with E-state index in [0.29, 0.717) is 17.9 Å². The zero-order chi connectivity index (χ0) is 15.1. The Balaban J connectivity index is 2.05. The molecule has 1 N–H and O–H groups in total. The molecule has 0 aliphatic heterocycles. The molecule has 0 unspecified atom stereocenters. The topological polar surface area (TPSA) is 50.7 Å². The summed E-state index contributed by atoms with van der Waals surface area (Å²) in [7, 11) is 0. The molecule has 1 amide bonds. The maximum absolute atomic E-state index is 12.1. The summed E-state index contributed by atoms with van der Waals surface area (Å²) in [6.07, 6.45) is 3.28. The molecule has 0 radical (unpaired) electrons. The Morgan fingerprint density at radius 2 is 2.24 bits per heavy atom. The zero-order valence-electron chi connectivity index (χ0n) is 11.7. The SMILES string of the molecule is C=CCOc1ccccc1C(=O)N/N=C/c1sccc1C. The first-order valence-electron chi connectivity index (χ1n) is 6.42. The van der Waals surface area contributed by atoms with Crippen LogP contribution in [0.3, 0.4) is 0 Å². The number of para-hydroxylation sites is 1. The summed E-state index contributed by atoms with van der Waals surface area (Å²) in [4.78, 5) is 13.1. The highest BCUT2D eigenvalue weighted by atomic mass is 32.1. The minimum absolute atomic E-state index is 0.305. The number of hydrogen-bond acceptors (Lipinski definition) is 4. The van der Waals surface area contributed by atoms with Gasteiger partial charge in [-0.15, -0.1) is 11.3 Å². The van der Waals surface area contributed by atoms with Gasteiger partial charge in [-0.3, -0.25) is 4.79 Å². The van der Waals surface area contributed by atoms with Gasteiger partial charge < -0.3 is 4.74 Å². The number of nitrogens with zero attached hydrogens (tertiary/aromatic N) is 1. The molecule has 0 saturated carbocycles. The van der Waals surface area contributed by atoms with Gasteiger partial charge in [0.05, 0.1) is 11.8 Å². The van der Waals surface area contributed by atoms with Gasteiger partial charge in [0.2, 0.25) is 0 Å². The molecule has 0 fully saturated rings. The third-order valence-corrected chi connectivity index (χ3v) is 3.69. The van der Waals surface area contributed by atoms with E-state index in [1.165, 1.54) is 0 Å². The molecule has 0 saturated heterocycles. The molecule has 0 atom stereocenters. The number of carbonyl (C=O) groups excluding carboxylic acids is 1. The van der Waals surface area contributed by atoms with Crippen molar-refractivity contribution in [3.63, 3.8) is 0 Å². The highest BCUT2D eigenvalue weighted by Crippen LogP contribution is 2.18. The van der Waals surface area contributed by atoms with E-state index in [4.69, 9.17) is 4.74 Å². The lowest BCUT2D eigenvalue weighted by Crippen LogP contribution is -2.18. The minimum Gasteiger partial charge on any atom is -0.489 e. The van der Waals surface area contributed by atoms with E-state index in [1.807, 2.05) is 24.4 Å². The summed E-state index contributed by atoms with van der Waals surface area (Å²) in [6, 6.07) is 9.04. The molecule has 4 nitrogen and oxygen atoms in total. The van der Waals surface area contributed by atoms with Crippen molar-refractivity contribution in [2.24, 2.45) is 5.10 Å². The normalized spacial score (nSPS) is 10.5. The number of ether oxygens (including phenoxy) is 1.